The van der Waals surface area contributed by atoms with Gasteiger partial charge in [0.2, 0.25) is 0 Å². The van der Waals surface area contributed by atoms with Gasteiger partial charge in [-0.05, 0) is 68.4 Å². The van der Waals surface area contributed by atoms with Crippen molar-refractivity contribution < 1.29 is 19.1 Å². The first-order chi connectivity index (χ1) is 15.4. The van der Waals surface area contributed by atoms with E-state index in [9.17, 15) is 9.59 Å². The number of hydrogen-bond acceptors (Lipinski definition) is 6. The van der Waals surface area contributed by atoms with Crippen LogP contribution in [0.25, 0.3) is 22.4 Å². The maximum absolute atomic E-state index is 12.6. The molecule has 2 aromatic carbocycles. The summed E-state index contributed by atoms with van der Waals surface area (Å²) in [5.41, 5.74) is 3.38. The number of carbonyl (C=O) groups is 2. The van der Waals surface area contributed by atoms with Gasteiger partial charge in [0.1, 0.15) is 17.4 Å². The highest BCUT2D eigenvalue weighted by Crippen LogP contribution is 2.23. The normalized spacial score (nSPS) is 11.7. The van der Waals surface area contributed by atoms with Crippen molar-refractivity contribution in [2.24, 2.45) is 0 Å². The SMILES string of the molecule is COc1ccc(-c2nc3ccc(C(=O)OC(C)C(=O)Nc4cccc(C)n4)cc3[nH]2)cc1. The predicted molar refractivity (Wildman–Crippen MR) is 121 cm³/mol. The summed E-state index contributed by atoms with van der Waals surface area (Å²) in [5.74, 6) is 0.772. The molecule has 0 fully saturated rings. The summed E-state index contributed by atoms with van der Waals surface area (Å²) in [6, 6.07) is 17.8. The number of anilines is 1. The molecule has 8 heteroatoms. The van der Waals surface area contributed by atoms with Crippen LogP contribution in [0, 0.1) is 6.92 Å². The van der Waals surface area contributed by atoms with E-state index >= 15 is 0 Å². The van der Waals surface area contributed by atoms with Crippen molar-refractivity contribution in [3.05, 3.63) is 71.9 Å². The van der Waals surface area contributed by atoms with Gasteiger partial charge < -0.3 is 19.8 Å². The number of hydrogen-bond donors (Lipinski definition) is 2. The van der Waals surface area contributed by atoms with Gasteiger partial charge in [0.05, 0.1) is 23.7 Å². The Balaban J connectivity index is 1.46. The van der Waals surface area contributed by atoms with Gasteiger partial charge in [0.15, 0.2) is 6.10 Å². The number of aryl methyl sites for hydroxylation is 1. The lowest BCUT2D eigenvalue weighted by Crippen LogP contribution is -2.30. The fourth-order valence-electron chi connectivity index (χ4n) is 3.14. The monoisotopic (exact) mass is 430 g/mol. The number of aromatic nitrogens is 3. The standard InChI is InChI=1S/C24H22N4O4/c1-14-5-4-6-21(25-14)28-23(29)15(2)32-24(30)17-9-12-19-20(13-17)27-22(26-19)16-7-10-18(31-3)11-8-16/h4-13,15H,1-3H3,(H,26,27)(H,25,28,29). The Hall–Kier alpha value is -4.20. The molecule has 0 spiro atoms. The Bertz CT molecular complexity index is 1280. The van der Waals surface area contributed by atoms with Gasteiger partial charge in [-0.15, -0.1) is 0 Å². The number of methoxy groups -OCH3 is 1. The van der Waals surface area contributed by atoms with Gasteiger partial charge >= 0.3 is 5.97 Å². The van der Waals surface area contributed by atoms with E-state index in [2.05, 4.69) is 20.3 Å². The van der Waals surface area contributed by atoms with E-state index in [1.165, 1.54) is 6.92 Å². The number of nitrogens with zero attached hydrogens (tertiary/aromatic N) is 2. The number of benzene rings is 2. The molecule has 0 aliphatic heterocycles. The van der Waals surface area contributed by atoms with Gasteiger partial charge in [-0.3, -0.25) is 4.79 Å². The first-order valence-corrected chi connectivity index (χ1v) is 10.0. The fraction of sp³-hybridized carbons (Fsp3) is 0.167. The van der Waals surface area contributed by atoms with Crippen LogP contribution in [0.2, 0.25) is 0 Å². The molecule has 0 bridgehead atoms. The van der Waals surface area contributed by atoms with Crippen LogP contribution in [0.3, 0.4) is 0 Å². The van der Waals surface area contributed by atoms with Crippen LogP contribution in [0.1, 0.15) is 23.0 Å². The third-order valence-electron chi connectivity index (χ3n) is 4.87. The molecule has 4 aromatic rings. The zero-order valence-electron chi connectivity index (χ0n) is 17.9. The number of amides is 1. The van der Waals surface area contributed by atoms with E-state index < -0.39 is 18.0 Å². The lowest BCUT2D eigenvalue weighted by atomic mass is 10.2. The molecule has 1 amide bonds. The van der Waals surface area contributed by atoms with Crippen LogP contribution < -0.4 is 10.1 Å². The van der Waals surface area contributed by atoms with Crippen LogP contribution in [0.4, 0.5) is 5.82 Å². The average Bonchev–Trinajstić information content (AvgIpc) is 3.22. The largest absolute Gasteiger partial charge is 0.497 e. The zero-order chi connectivity index (χ0) is 22.7. The predicted octanol–water partition coefficient (Wildman–Crippen LogP) is 4.13. The van der Waals surface area contributed by atoms with Crippen LogP contribution in [0.5, 0.6) is 5.75 Å². The summed E-state index contributed by atoms with van der Waals surface area (Å²) >= 11 is 0. The molecule has 32 heavy (non-hydrogen) atoms. The highest BCUT2D eigenvalue weighted by molar-refractivity contribution is 5.98. The first-order valence-electron chi connectivity index (χ1n) is 10.0. The van der Waals surface area contributed by atoms with Crippen molar-refractivity contribution in [2.45, 2.75) is 20.0 Å². The van der Waals surface area contributed by atoms with Gasteiger partial charge in [0.25, 0.3) is 5.91 Å². The Labute approximate surface area is 184 Å². The summed E-state index contributed by atoms with van der Waals surface area (Å²) in [6.45, 7) is 3.34. The minimum atomic E-state index is -0.989. The molecule has 0 radical (unpaired) electrons. The van der Waals surface area contributed by atoms with Crippen molar-refractivity contribution in [2.75, 3.05) is 12.4 Å². The smallest absolute Gasteiger partial charge is 0.338 e. The molecule has 2 aromatic heterocycles. The van der Waals surface area contributed by atoms with Crippen molar-refractivity contribution in [1.29, 1.82) is 0 Å². The molecule has 1 unspecified atom stereocenters. The number of pyridine rings is 1. The number of aromatic amines is 1. The third-order valence-corrected chi connectivity index (χ3v) is 4.87. The average molecular weight is 430 g/mol. The summed E-state index contributed by atoms with van der Waals surface area (Å²) in [6.07, 6.45) is -0.989. The fourth-order valence-corrected chi connectivity index (χ4v) is 3.14. The number of fused-ring (bicyclic) bond motifs is 1. The number of H-pyrrole nitrogens is 1. The molecule has 0 saturated carbocycles. The van der Waals surface area contributed by atoms with Crippen molar-refractivity contribution in [3.8, 4) is 17.1 Å². The van der Waals surface area contributed by atoms with E-state index in [0.717, 1.165) is 17.0 Å². The van der Waals surface area contributed by atoms with Gasteiger partial charge in [-0.1, -0.05) is 6.07 Å². The second-order valence-electron chi connectivity index (χ2n) is 7.25. The molecular weight excluding hydrogens is 408 g/mol. The summed E-state index contributed by atoms with van der Waals surface area (Å²) in [7, 11) is 1.61. The number of imidazole rings is 1. The highest BCUT2D eigenvalue weighted by Gasteiger charge is 2.20. The second-order valence-corrected chi connectivity index (χ2v) is 7.25. The summed E-state index contributed by atoms with van der Waals surface area (Å²) in [4.78, 5) is 36.9. The van der Waals surface area contributed by atoms with Crippen LogP contribution in [-0.2, 0) is 9.53 Å². The minimum Gasteiger partial charge on any atom is -0.497 e. The number of ether oxygens (including phenoxy) is 2. The highest BCUT2D eigenvalue weighted by atomic mass is 16.5. The lowest BCUT2D eigenvalue weighted by molar-refractivity contribution is -0.123. The summed E-state index contributed by atoms with van der Waals surface area (Å²) in [5, 5.41) is 2.65. The third kappa shape index (κ3) is 4.59. The van der Waals surface area contributed by atoms with E-state index in [1.807, 2.05) is 37.3 Å². The number of nitrogens with one attached hydrogen (secondary N) is 2. The molecule has 162 valence electrons. The van der Waals surface area contributed by atoms with Crippen molar-refractivity contribution in [1.82, 2.24) is 15.0 Å². The number of esters is 1. The van der Waals surface area contributed by atoms with E-state index in [0.29, 0.717) is 28.2 Å². The van der Waals surface area contributed by atoms with Crippen LogP contribution in [-0.4, -0.2) is 40.0 Å². The van der Waals surface area contributed by atoms with Crippen molar-refractivity contribution >= 4 is 28.7 Å². The molecule has 4 rings (SSSR count). The maximum atomic E-state index is 12.6. The van der Waals surface area contributed by atoms with Crippen molar-refractivity contribution in [3.63, 3.8) is 0 Å². The molecule has 0 aliphatic carbocycles. The van der Waals surface area contributed by atoms with Gasteiger partial charge in [-0.25, -0.2) is 14.8 Å². The van der Waals surface area contributed by atoms with E-state index in [4.69, 9.17) is 9.47 Å². The maximum Gasteiger partial charge on any atom is 0.338 e. The molecule has 1 atom stereocenters. The van der Waals surface area contributed by atoms with Crippen LogP contribution >= 0.6 is 0 Å². The topological polar surface area (TPSA) is 106 Å². The molecule has 2 heterocycles. The van der Waals surface area contributed by atoms with E-state index in [1.54, 1.807) is 37.4 Å². The number of rotatable bonds is 6. The molecule has 0 aliphatic rings. The molecular formula is C24H22N4O4. The van der Waals surface area contributed by atoms with Gasteiger partial charge in [0, 0.05) is 11.3 Å². The Morgan fingerprint density at radius 1 is 1.03 bits per heavy atom. The number of carbonyl (C=O) groups excluding carboxylic acids is 2. The second kappa shape index (κ2) is 8.89. The Kier molecular flexibility index (Phi) is 5.85. The minimum absolute atomic E-state index is 0.316. The zero-order valence-corrected chi connectivity index (χ0v) is 17.9. The molecule has 2 N–H and O–H groups in total. The Morgan fingerprint density at radius 2 is 1.81 bits per heavy atom. The quantitative estimate of drug-likeness (QED) is 0.446. The first kappa shape index (κ1) is 21.0. The lowest BCUT2D eigenvalue weighted by Gasteiger charge is -2.13. The Morgan fingerprint density at radius 3 is 2.53 bits per heavy atom. The molecule has 8 nitrogen and oxygen atoms in total. The van der Waals surface area contributed by atoms with E-state index in [-0.39, 0.29) is 0 Å². The van der Waals surface area contributed by atoms with Crippen LogP contribution in [0.15, 0.2) is 60.7 Å². The molecule has 0 saturated heterocycles. The summed E-state index contributed by atoms with van der Waals surface area (Å²) < 4.78 is 10.5. The van der Waals surface area contributed by atoms with Gasteiger partial charge in [-0.2, -0.15) is 0 Å².